The lowest BCUT2D eigenvalue weighted by molar-refractivity contribution is -0.135. The van der Waals surface area contributed by atoms with Crippen LogP contribution >= 0.6 is 23.5 Å². The molecule has 0 aliphatic heterocycles. The summed E-state index contributed by atoms with van der Waals surface area (Å²) < 4.78 is 94.6. The number of fused-ring (bicyclic) bond motifs is 1. The number of halogens is 6. The third-order valence-corrected chi connectivity index (χ3v) is 6.93. The molecule has 0 N–H and O–H groups in total. The van der Waals surface area contributed by atoms with Gasteiger partial charge in [-0.3, -0.25) is 4.57 Å². The van der Waals surface area contributed by atoms with Crippen LogP contribution < -0.4 is 4.74 Å². The zero-order valence-electron chi connectivity index (χ0n) is 16.8. The number of hydrogen-bond donors (Lipinski definition) is 0. The summed E-state index contributed by atoms with van der Waals surface area (Å²) in [5.41, 5.74) is -4.53. The first-order valence-corrected chi connectivity index (χ1v) is 11.8. The van der Waals surface area contributed by atoms with E-state index < -0.39 is 31.4 Å². The lowest BCUT2D eigenvalue weighted by Crippen LogP contribution is -2.19. The van der Waals surface area contributed by atoms with E-state index in [4.69, 9.17) is 13.8 Å². The molecule has 0 unspecified atom stereocenters. The normalized spacial score (nSPS) is 13.0. The molecule has 1 aromatic heterocycles. The number of nitrogens with zero attached hydrogens (tertiary/aromatic N) is 1. The minimum absolute atomic E-state index is 0.00197. The van der Waals surface area contributed by atoms with Gasteiger partial charge >= 0.3 is 19.4 Å². The maximum atomic E-state index is 15.2. The van der Waals surface area contributed by atoms with Gasteiger partial charge < -0.3 is 13.8 Å². The van der Waals surface area contributed by atoms with Gasteiger partial charge in [0.15, 0.2) is 0 Å². The minimum atomic E-state index is -4.80. The Kier molecular flexibility index (Phi) is 8.84. The Hall–Kier alpha value is -1.29. The van der Waals surface area contributed by atoms with Crippen molar-refractivity contribution < 1.29 is 40.3 Å². The van der Waals surface area contributed by atoms with E-state index in [9.17, 15) is 17.7 Å². The molecule has 0 bridgehead atoms. The number of unbranched alkanes of at least 4 members (excludes halogenated alkanes) is 1. The van der Waals surface area contributed by atoms with E-state index in [2.05, 4.69) is 20.9 Å². The first-order chi connectivity index (χ1) is 14.4. The van der Waals surface area contributed by atoms with Crippen molar-refractivity contribution in [2.24, 2.45) is 0 Å². The first-order valence-electron chi connectivity index (χ1n) is 9.50. The minimum Gasteiger partial charge on any atom is -0.478 e. The summed E-state index contributed by atoms with van der Waals surface area (Å²) in [6.45, 7) is 2.41. The Morgan fingerprint density at radius 3 is 2.23 bits per heavy atom. The molecule has 0 spiro atoms. The molecular formula is C19H22BrF5NO4P. The molecule has 174 valence electrons. The van der Waals surface area contributed by atoms with Crippen LogP contribution in [0.2, 0.25) is 0 Å². The molecule has 0 aliphatic carbocycles. The summed E-state index contributed by atoms with van der Waals surface area (Å²) in [7, 11) is -4.80. The number of aromatic nitrogens is 1. The SMILES string of the molecule is CCOP(=O)(OCC)C(F)(F)c1cc2cc(OCCCCC(F)(F)F)ncc2cc1Br. The van der Waals surface area contributed by atoms with Gasteiger partial charge in [-0.2, -0.15) is 22.0 Å². The molecular weight excluding hydrogens is 512 g/mol. The predicted octanol–water partition coefficient (Wildman–Crippen LogP) is 7.42. The Balaban J connectivity index is 2.27. The van der Waals surface area contributed by atoms with E-state index in [1.807, 2.05) is 0 Å². The van der Waals surface area contributed by atoms with E-state index in [-0.39, 0.29) is 43.0 Å². The van der Waals surface area contributed by atoms with Crippen molar-refractivity contribution in [3.63, 3.8) is 0 Å². The molecule has 5 nitrogen and oxygen atoms in total. The summed E-state index contributed by atoms with van der Waals surface area (Å²) >= 11 is 3.08. The van der Waals surface area contributed by atoms with Gasteiger partial charge in [0, 0.05) is 34.1 Å². The molecule has 0 amide bonds. The maximum absolute atomic E-state index is 15.2. The van der Waals surface area contributed by atoms with Crippen molar-refractivity contribution >= 4 is 34.3 Å². The lowest BCUT2D eigenvalue weighted by Gasteiger charge is -2.27. The summed E-state index contributed by atoms with van der Waals surface area (Å²) in [5.74, 6) is 0.0777. The number of benzene rings is 1. The second-order valence-electron chi connectivity index (χ2n) is 6.50. The topological polar surface area (TPSA) is 57.7 Å². The number of hydrogen-bond acceptors (Lipinski definition) is 5. The standard InChI is InChI=1S/C19H22BrF5NO4P/c1-3-29-31(27,30-4-2)19(24,25)15-9-13-11-17(26-12-14(13)10-16(15)20)28-8-6-5-7-18(21,22)23/h9-12H,3-8H2,1-2H3. The van der Waals surface area contributed by atoms with Crippen LogP contribution in [-0.4, -0.2) is 31.0 Å². The summed E-state index contributed by atoms with van der Waals surface area (Å²) in [4.78, 5) is 4.04. The Morgan fingerprint density at radius 2 is 1.65 bits per heavy atom. The van der Waals surface area contributed by atoms with Gasteiger partial charge in [-0.15, -0.1) is 0 Å². The van der Waals surface area contributed by atoms with Crippen LogP contribution in [0, 0.1) is 0 Å². The van der Waals surface area contributed by atoms with Crippen LogP contribution in [-0.2, 0) is 19.3 Å². The Labute approximate surface area is 184 Å². The van der Waals surface area contributed by atoms with Crippen LogP contribution in [0.25, 0.3) is 10.8 Å². The van der Waals surface area contributed by atoms with Crippen molar-refractivity contribution in [2.45, 2.75) is 44.9 Å². The highest BCUT2D eigenvalue weighted by Crippen LogP contribution is 2.67. The van der Waals surface area contributed by atoms with Crippen molar-refractivity contribution in [1.29, 1.82) is 0 Å². The van der Waals surface area contributed by atoms with Crippen LogP contribution in [0.4, 0.5) is 22.0 Å². The Morgan fingerprint density at radius 1 is 1.00 bits per heavy atom. The summed E-state index contributed by atoms with van der Waals surface area (Å²) in [6.07, 6.45) is -3.68. The smallest absolute Gasteiger partial charge is 0.404 e. The highest BCUT2D eigenvalue weighted by Gasteiger charge is 2.55. The van der Waals surface area contributed by atoms with Gasteiger partial charge in [0.05, 0.1) is 19.8 Å². The molecule has 2 rings (SSSR count). The van der Waals surface area contributed by atoms with Crippen molar-refractivity contribution in [1.82, 2.24) is 4.98 Å². The summed E-state index contributed by atoms with van der Waals surface area (Å²) in [6, 6.07) is 3.90. The van der Waals surface area contributed by atoms with E-state index in [0.29, 0.717) is 10.8 Å². The zero-order valence-corrected chi connectivity index (χ0v) is 19.3. The molecule has 1 heterocycles. The monoisotopic (exact) mass is 533 g/mol. The van der Waals surface area contributed by atoms with Crippen molar-refractivity contribution in [3.05, 3.63) is 34.4 Å². The average molecular weight is 534 g/mol. The summed E-state index contributed by atoms with van der Waals surface area (Å²) in [5, 5.41) is 0.816. The van der Waals surface area contributed by atoms with Gasteiger partial charge in [0.1, 0.15) is 0 Å². The molecule has 2 aromatic rings. The molecule has 0 saturated carbocycles. The van der Waals surface area contributed by atoms with E-state index >= 15 is 8.78 Å². The molecule has 12 heteroatoms. The third kappa shape index (κ3) is 6.60. The first kappa shape index (κ1) is 26.0. The number of rotatable bonds is 11. The average Bonchev–Trinajstić information content (AvgIpc) is 2.66. The zero-order chi connectivity index (χ0) is 23.3. The Bertz CT molecular complexity index is 931. The molecule has 0 fully saturated rings. The number of ether oxygens (including phenoxy) is 1. The quantitative estimate of drug-likeness (QED) is 0.171. The third-order valence-electron chi connectivity index (χ3n) is 4.15. The van der Waals surface area contributed by atoms with E-state index in [1.54, 1.807) is 0 Å². The fourth-order valence-electron chi connectivity index (χ4n) is 2.75. The van der Waals surface area contributed by atoms with Gasteiger partial charge in [-0.1, -0.05) is 15.9 Å². The van der Waals surface area contributed by atoms with Crippen molar-refractivity contribution in [2.75, 3.05) is 19.8 Å². The van der Waals surface area contributed by atoms with Crippen LogP contribution in [0.3, 0.4) is 0 Å². The maximum Gasteiger partial charge on any atom is 0.404 e. The highest BCUT2D eigenvalue weighted by molar-refractivity contribution is 9.10. The van der Waals surface area contributed by atoms with E-state index in [1.165, 1.54) is 32.2 Å². The number of alkyl halides is 5. The molecule has 0 aliphatic rings. The van der Waals surface area contributed by atoms with Gasteiger partial charge in [-0.05, 0) is 44.2 Å². The molecule has 0 saturated heterocycles. The van der Waals surface area contributed by atoms with Crippen LogP contribution in [0.1, 0.15) is 38.7 Å². The largest absolute Gasteiger partial charge is 0.478 e. The number of pyridine rings is 1. The van der Waals surface area contributed by atoms with E-state index in [0.717, 1.165) is 6.07 Å². The highest BCUT2D eigenvalue weighted by atomic mass is 79.9. The van der Waals surface area contributed by atoms with Crippen LogP contribution in [0.15, 0.2) is 28.9 Å². The molecule has 1 aromatic carbocycles. The predicted molar refractivity (Wildman–Crippen MR) is 110 cm³/mol. The molecule has 31 heavy (non-hydrogen) atoms. The van der Waals surface area contributed by atoms with Crippen molar-refractivity contribution in [3.8, 4) is 5.88 Å². The fraction of sp³-hybridized carbons (Fsp3) is 0.526. The molecule has 0 radical (unpaired) electrons. The fourth-order valence-corrected chi connectivity index (χ4v) is 5.07. The lowest BCUT2D eigenvalue weighted by atomic mass is 10.1. The van der Waals surface area contributed by atoms with Crippen LogP contribution in [0.5, 0.6) is 5.88 Å². The second-order valence-corrected chi connectivity index (χ2v) is 9.42. The van der Waals surface area contributed by atoms with Gasteiger partial charge in [0.2, 0.25) is 5.88 Å². The van der Waals surface area contributed by atoms with Gasteiger partial charge in [-0.25, -0.2) is 4.98 Å². The second kappa shape index (κ2) is 10.6. The van der Waals surface area contributed by atoms with Gasteiger partial charge in [0.25, 0.3) is 0 Å². The molecule has 0 atom stereocenters.